The molecule has 0 aliphatic heterocycles. The number of carbonyl (C=O) groups excluding carboxylic acids is 1. The summed E-state index contributed by atoms with van der Waals surface area (Å²) in [7, 11) is 3.18. The van der Waals surface area contributed by atoms with Gasteiger partial charge in [-0.05, 0) is 19.3 Å². The van der Waals surface area contributed by atoms with E-state index in [0.717, 1.165) is 19.3 Å². The number of allylic oxidation sites excluding steroid dienone is 2. The highest BCUT2D eigenvalue weighted by Gasteiger charge is 2.19. The molecule has 1 amide bonds. The first-order chi connectivity index (χ1) is 9.22. The van der Waals surface area contributed by atoms with Gasteiger partial charge in [0.2, 0.25) is 5.91 Å². The lowest BCUT2D eigenvalue weighted by Crippen LogP contribution is -2.23. The van der Waals surface area contributed by atoms with E-state index in [2.05, 4.69) is 17.5 Å². The Bertz CT molecular complexity index is 460. The van der Waals surface area contributed by atoms with E-state index in [4.69, 9.17) is 9.47 Å². The Morgan fingerprint density at radius 3 is 2.37 bits per heavy atom. The zero-order chi connectivity index (χ0) is 13.7. The van der Waals surface area contributed by atoms with Crippen LogP contribution in [0, 0.1) is 5.92 Å². The fourth-order valence-corrected chi connectivity index (χ4v) is 2.16. The number of methoxy groups -OCH3 is 2. The fourth-order valence-electron chi connectivity index (χ4n) is 2.16. The van der Waals surface area contributed by atoms with E-state index in [-0.39, 0.29) is 11.8 Å². The third-order valence-electron chi connectivity index (χ3n) is 3.26. The number of anilines is 1. The average molecular weight is 261 g/mol. The molecule has 0 fully saturated rings. The van der Waals surface area contributed by atoms with Crippen molar-refractivity contribution in [1.82, 2.24) is 0 Å². The Hall–Kier alpha value is -1.97. The molecule has 0 saturated heterocycles. The first-order valence-electron chi connectivity index (χ1n) is 6.42. The van der Waals surface area contributed by atoms with Crippen LogP contribution in [0.4, 0.5) is 5.69 Å². The van der Waals surface area contributed by atoms with Gasteiger partial charge in [0.15, 0.2) is 0 Å². The van der Waals surface area contributed by atoms with Crippen LogP contribution >= 0.6 is 0 Å². The van der Waals surface area contributed by atoms with Gasteiger partial charge in [0, 0.05) is 29.8 Å². The van der Waals surface area contributed by atoms with E-state index < -0.39 is 0 Å². The quantitative estimate of drug-likeness (QED) is 0.847. The zero-order valence-corrected chi connectivity index (χ0v) is 11.3. The normalized spacial score (nSPS) is 17.9. The molecular weight excluding hydrogens is 242 g/mol. The number of ether oxygens (including phenoxy) is 2. The molecule has 0 bridgehead atoms. The van der Waals surface area contributed by atoms with Gasteiger partial charge >= 0.3 is 0 Å². The smallest absolute Gasteiger partial charge is 0.227 e. The fraction of sp³-hybridized carbons (Fsp3) is 0.400. The van der Waals surface area contributed by atoms with E-state index in [1.807, 2.05) is 0 Å². The third kappa shape index (κ3) is 3.50. The average Bonchev–Trinajstić information content (AvgIpc) is 2.47. The van der Waals surface area contributed by atoms with Crippen molar-refractivity contribution in [1.29, 1.82) is 0 Å². The molecule has 19 heavy (non-hydrogen) atoms. The number of hydrogen-bond donors (Lipinski definition) is 1. The molecule has 0 saturated carbocycles. The van der Waals surface area contributed by atoms with Crippen LogP contribution in [0.3, 0.4) is 0 Å². The molecule has 1 aromatic carbocycles. The third-order valence-corrected chi connectivity index (χ3v) is 3.26. The summed E-state index contributed by atoms with van der Waals surface area (Å²) < 4.78 is 10.4. The molecule has 0 unspecified atom stereocenters. The second-order valence-corrected chi connectivity index (χ2v) is 4.57. The monoisotopic (exact) mass is 261 g/mol. The minimum Gasteiger partial charge on any atom is -0.497 e. The summed E-state index contributed by atoms with van der Waals surface area (Å²) in [6.45, 7) is 0. The first kappa shape index (κ1) is 13.5. The minimum atomic E-state index is 0.0552. The van der Waals surface area contributed by atoms with E-state index in [9.17, 15) is 4.79 Å². The predicted molar refractivity (Wildman–Crippen MR) is 74.7 cm³/mol. The van der Waals surface area contributed by atoms with Gasteiger partial charge in [-0.15, -0.1) is 0 Å². The Balaban J connectivity index is 2.09. The van der Waals surface area contributed by atoms with Crippen LogP contribution < -0.4 is 14.8 Å². The Kier molecular flexibility index (Phi) is 4.44. The summed E-state index contributed by atoms with van der Waals surface area (Å²) in [5, 5.41) is 2.93. The summed E-state index contributed by atoms with van der Waals surface area (Å²) >= 11 is 0. The second kappa shape index (κ2) is 6.27. The van der Waals surface area contributed by atoms with Crippen molar-refractivity contribution < 1.29 is 14.3 Å². The van der Waals surface area contributed by atoms with Crippen molar-refractivity contribution in [2.45, 2.75) is 19.3 Å². The van der Waals surface area contributed by atoms with Crippen LogP contribution in [0.2, 0.25) is 0 Å². The maximum atomic E-state index is 12.1. The molecule has 2 rings (SSSR count). The largest absolute Gasteiger partial charge is 0.497 e. The molecule has 1 aliphatic rings. The summed E-state index contributed by atoms with van der Waals surface area (Å²) in [5.41, 5.74) is 0.704. The predicted octanol–water partition coefficient (Wildman–Crippen LogP) is 3.00. The summed E-state index contributed by atoms with van der Waals surface area (Å²) in [4.78, 5) is 12.1. The highest BCUT2D eigenvalue weighted by Crippen LogP contribution is 2.27. The van der Waals surface area contributed by atoms with Crippen LogP contribution in [0.25, 0.3) is 0 Å². The van der Waals surface area contributed by atoms with Gasteiger partial charge in [0.25, 0.3) is 0 Å². The van der Waals surface area contributed by atoms with Crippen LogP contribution in [0.1, 0.15) is 19.3 Å². The summed E-state index contributed by atoms with van der Waals surface area (Å²) in [5.74, 6) is 1.44. The van der Waals surface area contributed by atoms with Gasteiger partial charge in [-0.25, -0.2) is 0 Å². The molecule has 4 heteroatoms. The molecule has 1 N–H and O–H groups in total. The molecule has 102 valence electrons. The van der Waals surface area contributed by atoms with Crippen LogP contribution in [0.15, 0.2) is 30.4 Å². The lowest BCUT2D eigenvalue weighted by atomic mass is 9.93. The topological polar surface area (TPSA) is 47.6 Å². The number of amides is 1. The molecule has 0 aromatic heterocycles. The number of benzene rings is 1. The maximum Gasteiger partial charge on any atom is 0.227 e. The lowest BCUT2D eigenvalue weighted by Gasteiger charge is -2.17. The summed E-state index contributed by atoms with van der Waals surface area (Å²) in [6, 6.07) is 5.36. The standard InChI is InChI=1S/C15H19NO3/c1-18-13-8-12(9-14(10-13)19-2)16-15(17)11-6-4-3-5-7-11/h3-4,8-11H,5-7H2,1-2H3,(H,16,17)/t11-/m0/s1. The number of hydrogen-bond acceptors (Lipinski definition) is 3. The molecule has 0 heterocycles. The van der Waals surface area contributed by atoms with Crippen LogP contribution in [0.5, 0.6) is 11.5 Å². The molecule has 0 radical (unpaired) electrons. The van der Waals surface area contributed by atoms with Gasteiger partial charge in [-0.2, -0.15) is 0 Å². The SMILES string of the molecule is COc1cc(NC(=O)[C@H]2CC=CCC2)cc(OC)c1. The Labute approximate surface area is 113 Å². The summed E-state index contributed by atoms with van der Waals surface area (Å²) in [6.07, 6.45) is 6.88. The van der Waals surface area contributed by atoms with Gasteiger partial charge < -0.3 is 14.8 Å². The van der Waals surface area contributed by atoms with Crippen molar-refractivity contribution >= 4 is 11.6 Å². The van der Waals surface area contributed by atoms with E-state index >= 15 is 0 Å². The van der Waals surface area contributed by atoms with E-state index in [1.54, 1.807) is 32.4 Å². The maximum absolute atomic E-state index is 12.1. The van der Waals surface area contributed by atoms with E-state index in [1.165, 1.54) is 0 Å². The van der Waals surface area contributed by atoms with Crippen molar-refractivity contribution in [3.8, 4) is 11.5 Å². The molecule has 1 aromatic rings. The lowest BCUT2D eigenvalue weighted by molar-refractivity contribution is -0.120. The molecule has 0 spiro atoms. The minimum absolute atomic E-state index is 0.0552. The highest BCUT2D eigenvalue weighted by atomic mass is 16.5. The molecule has 1 aliphatic carbocycles. The van der Waals surface area contributed by atoms with Crippen molar-refractivity contribution in [2.75, 3.05) is 19.5 Å². The van der Waals surface area contributed by atoms with Gasteiger partial charge in [-0.3, -0.25) is 4.79 Å². The van der Waals surface area contributed by atoms with Crippen LogP contribution in [-0.2, 0) is 4.79 Å². The van der Waals surface area contributed by atoms with Crippen molar-refractivity contribution in [3.05, 3.63) is 30.4 Å². The Morgan fingerprint density at radius 2 is 1.84 bits per heavy atom. The highest BCUT2D eigenvalue weighted by molar-refractivity contribution is 5.93. The molecule has 1 atom stereocenters. The molecule has 4 nitrogen and oxygen atoms in total. The number of nitrogens with one attached hydrogen (secondary N) is 1. The van der Waals surface area contributed by atoms with E-state index in [0.29, 0.717) is 17.2 Å². The van der Waals surface area contributed by atoms with Crippen molar-refractivity contribution in [3.63, 3.8) is 0 Å². The van der Waals surface area contributed by atoms with Crippen molar-refractivity contribution in [2.24, 2.45) is 5.92 Å². The van der Waals surface area contributed by atoms with Gasteiger partial charge in [-0.1, -0.05) is 12.2 Å². The zero-order valence-electron chi connectivity index (χ0n) is 11.3. The first-order valence-corrected chi connectivity index (χ1v) is 6.42. The van der Waals surface area contributed by atoms with Crippen LogP contribution in [-0.4, -0.2) is 20.1 Å². The Morgan fingerprint density at radius 1 is 1.16 bits per heavy atom. The number of rotatable bonds is 4. The van der Waals surface area contributed by atoms with Gasteiger partial charge in [0.1, 0.15) is 11.5 Å². The second-order valence-electron chi connectivity index (χ2n) is 4.57. The number of carbonyl (C=O) groups is 1. The molecular formula is C15H19NO3. The van der Waals surface area contributed by atoms with Gasteiger partial charge in [0.05, 0.1) is 14.2 Å².